The molecule has 0 aliphatic heterocycles. The van der Waals surface area contributed by atoms with Gasteiger partial charge in [-0.05, 0) is 57.4 Å². The first-order valence-corrected chi connectivity index (χ1v) is 9.49. The summed E-state index contributed by atoms with van der Waals surface area (Å²) < 4.78 is 63.6. The molecule has 138 valence electrons. The molecule has 1 aromatic rings. The lowest BCUT2D eigenvalue weighted by molar-refractivity contribution is -0.138. The number of anilines is 1. The van der Waals surface area contributed by atoms with Crippen LogP contribution in [0.4, 0.5) is 18.9 Å². The Morgan fingerprint density at radius 1 is 1.08 bits per heavy atom. The predicted octanol–water partition coefficient (Wildman–Crippen LogP) is 3.92. The number of rotatable bonds is 9. The highest BCUT2D eigenvalue weighted by atomic mass is 32.2. The molecule has 0 fully saturated rings. The number of alkyl halides is 3. The maximum absolute atomic E-state index is 12.7. The number of sulfonamides is 1. The lowest BCUT2D eigenvalue weighted by atomic mass is 10.1. The minimum atomic E-state index is -4.33. The second-order valence-corrected chi connectivity index (χ2v) is 8.32. The smallest absolute Gasteiger partial charge is 0.385 e. The summed E-state index contributed by atoms with van der Waals surface area (Å²) in [5.74, 6) is 0. The molecule has 1 aromatic carbocycles. The van der Waals surface area contributed by atoms with Crippen LogP contribution in [-0.2, 0) is 16.2 Å². The van der Waals surface area contributed by atoms with Crippen LogP contribution >= 0.6 is 0 Å². The van der Waals surface area contributed by atoms with Crippen LogP contribution in [0.25, 0.3) is 0 Å². The molecule has 0 atom stereocenters. The zero-order valence-corrected chi connectivity index (χ0v) is 15.0. The standard InChI is InChI=1S/C16H25F3N2O2S/c1-12(2)24(22,23)21-10-6-4-5-9-20-14-7-8-15(13(3)11-14)16(17,18)19/h7-8,11-12,20-21H,4-6,9-10H2,1-3H3. The second-order valence-electron chi connectivity index (χ2n) is 6.00. The molecule has 24 heavy (non-hydrogen) atoms. The molecule has 0 aliphatic rings. The van der Waals surface area contributed by atoms with Gasteiger partial charge < -0.3 is 5.32 Å². The predicted molar refractivity (Wildman–Crippen MR) is 90.6 cm³/mol. The van der Waals surface area contributed by atoms with Crippen molar-refractivity contribution in [1.82, 2.24) is 4.72 Å². The van der Waals surface area contributed by atoms with E-state index in [9.17, 15) is 21.6 Å². The molecule has 0 unspecified atom stereocenters. The van der Waals surface area contributed by atoms with Crippen LogP contribution in [0.5, 0.6) is 0 Å². The van der Waals surface area contributed by atoms with E-state index in [-0.39, 0.29) is 5.56 Å². The molecule has 0 amide bonds. The van der Waals surface area contributed by atoms with Gasteiger partial charge >= 0.3 is 6.18 Å². The molecule has 0 bridgehead atoms. The lowest BCUT2D eigenvalue weighted by Crippen LogP contribution is -2.31. The molecule has 0 saturated carbocycles. The number of halogens is 3. The van der Waals surface area contributed by atoms with E-state index in [0.29, 0.717) is 18.8 Å². The molecular weight excluding hydrogens is 341 g/mol. The lowest BCUT2D eigenvalue weighted by Gasteiger charge is -2.13. The van der Waals surface area contributed by atoms with Crippen molar-refractivity contribution >= 4 is 15.7 Å². The van der Waals surface area contributed by atoms with Gasteiger partial charge in [0.25, 0.3) is 0 Å². The maximum atomic E-state index is 12.7. The average molecular weight is 366 g/mol. The van der Waals surface area contributed by atoms with E-state index in [4.69, 9.17) is 0 Å². The summed E-state index contributed by atoms with van der Waals surface area (Å²) in [6.45, 7) is 5.72. The van der Waals surface area contributed by atoms with Crippen LogP contribution in [0.15, 0.2) is 18.2 Å². The summed E-state index contributed by atoms with van der Waals surface area (Å²) in [6.07, 6.45) is -1.97. The maximum Gasteiger partial charge on any atom is 0.416 e. The fourth-order valence-corrected chi connectivity index (χ4v) is 2.89. The van der Waals surface area contributed by atoms with Crippen molar-refractivity contribution < 1.29 is 21.6 Å². The first-order valence-electron chi connectivity index (χ1n) is 7.94. The molecule has 1 rings (SSSR count). The summed E-state index contributed by atoms with van der Waals surface area (Å²) in [5, 5.41) is 2.64. The normalized spacial score (nSPS) is 12.6. The van der Waals surface area contributed by atoms with E-state index in [1.807, 2.05) is 0 Å². The Balaban J connectivity index is 2.28. The number of hydrogen-bond acceptors (Lipinski definition) is 3. The Hall–Kier alpha value is -1.28. The molecule has 4 nitrogen and oxygen atoms in total. The molecule has 0 aliphatic carbocycles. The zero-order chi connectivity index (χ0) is 18.4. The van der Waals surface area contributed by atoms with Crippen LogP contribution in [0.1, 0.15) is 44.2 Å². The number of unbranched alkanes of at least 4 members (excludes halogenated alkanes) is 2. The van der Waals surface area contributed by atoms with Gasteiger partial charge in [-0.25, -0.2) is 13.1 Å². The van der Waals surface area contributed by atoms with Gasteiger partial charge in [0.05, 0.1) is 10.8 Å². The van der Waals surface area contributed by atoms with Gasteiger partial charge in [-0.15, -0.1) is 0 Å². The van der Waals surface area contributed by atoms with Crippen LogP contribution < -0.4 is 10.0 Å². The third kappa shape index (κ3) is 6.68. The van der Waals surface area contributed by atoms with Gasteiger partial charge in [0.2, 0.25) is 10.0 Å². The Labute approximate surface area is 141 Å². The summed E-state index contributed by atoms with van der Waals surface area (Å²) in [7, 11) is -3.21. The summed E-state index contributed by atoms with van der Waals surface area (Å²) in [4.78, 5) is 0. The SMILES string of the molecule is Cc1cc(NCCCCCNS(=O)(=O)C(C)C)ccc1C(F)(F)F. The highest BCUT2D eigenvalue weighted by Gasteiger charge is 2.32. The first kappa shape index (κ1) is 20.8. The van der Waals surface area contributed by atoms with E-state index in [0.717, 1.165) is 25.3 Å². The van der Waals surface area contributed by atoms with E-state index >= 15 is 0 Å². The van der Waals surface area contributed by atoms with Gasteiger partial charge in [0, 0.05) is 18.8 Å². The molecule has 0 heterocycles. The average Bonchev–Trinajstić information content (AvgIpc) is 2.44. The van der Waals surface area contributed by atoms with E-state index in [2.05, 4.69) is 10.0 Å². The molecule has 0 saturated heterocycles. The molecule has 0 aromatic heterocycles. The van der Waals surface area contributed by atoms with Crippen molar-refractivity contribution in [2.45, 2.75) is 51.5 Å². The molecule has 2 N–H and O–H groups in total. The van der Waals surface area contributed by atoms with Crippen molar-refractivity contribution in [3.63, 3.8) is 0 Å². The van der Waals surface area contributed by atoms with Gasteiger partial charge in [-0.2, -0.15) is 13.2 Å². The summed E-state index contributed by atoms with van der Waals surface area (Å²) in [5.41, 5.74) is 0.224. The summed E-state index contributed by atoms with van der Waals surface area (Å²) in [6, 6.07) is 3.99. The third-order valence-corrected chi connectivity index (χ3v) is 5.49. The van der Waals surface area contributed by atoms with Crippen molar-refractivity contribution in [3.8, 4) is 0 Å². The minimum absolute atomic E-state index is 0.190. The topological polar surface area (TPSA) is 58.2 Å². The Kier molecular flexibility index (Phi) is 7.54. The largest absolute Gasteiger partial charge is 0.416 e. The van der Waals surface area contributed by atoms with E-state index in [1.54, 1.807) is 13.8 Å². The van der Waals surface area contributed by atoms with Crippen LogP contribution in [0, 0.1) is 6.92 Å². The van der Waals surface area contributed by atoms with Crippen molar-refractivity contribution in [3.05, 3.63) is 29.3 Å². The minimum Gasteiger partial charge on any atom is -0.385 e. The van der Waals surface area contributed by atoms with Crippen molar-refractivity contribution in [2.75, 3.05) is 18.4 Å². The Morgan fingerprint density at radius 3 is 2.25 bits per heavy atom. The van der Waals surface area contributed by atoms with E-state index in [1.165, 1.54) is 19.1 Å². The van der Waals surface area contributed by atoms with Gasteiger partial charge in [-0.3, -0.25) is 0 Å². The molecular formula is C16H25F3N2O2S. The number of hydrogen-bond donors (Lipinski definition) is 2. The number of nitrogens with one attached hydrogen (secondary N) is 2. The highest BCUT2D eigenvalue weighted by molar-refractivity contribution is 7.90. The van der Waals surface area contributed by atoms with Gasteiger partial charge in [0.1, 0.15) is 0 Å². The fourth-order valence-electron chi connectivity index (χ4n) is 2.13. The molecule has 0 radical (unpaired) electrons. The second kappa shape index (κ2) is 8.71. The first-order chi connectivity index (χ1) is 11.0. The Morgan fingerprint density at radius 2 is 1.71 bits per heavy atom. The molecule has 8 heteroatoms. The highest BCUT2D eigenvalue weighted by Crippen LogP contribution is 2.32. The third-order valence-electron chi connectivity index (χ3n) is 3.64. The van der Waals surface area contributed by atoms with E-state index < -0.39 is 27.0 Å². The number of aryl methyl sites for hydroxylation is 1. The van der Waals surface area contributed by atoms with Gasteiger partial charge in [0.15, 0.2) is 0 Å². The van der Waals surface area contributed by atoms with Crippen LogP contribution in [0.3, 0.4) is 0 Å². The van der Waals surface area contributed by atoms with Crippen LogP contribution in [0.2, 0.25) is 0 Å². The number of benzene rings is 1. The zero-order valence-electron chi connectivity index (χ0n) is 14.2. The molecule has 0 spiro atoms. The Bertz CT molecular complexity index is 629. The van der Waals surface area contributed by atoms with Gasteiger partial charge in [-0.1, -0.05) is 6.42 Å². The quantitative estimate of drug-likeness (QED) is 0.651. The van der Waals surface area contributed by atoms with Crippen LogP contribution in [-0.4, -0.2) is 26.8 Å². The van der Waals surface area contributed by atoms with Crippen molar-refractivity contribution in [1.29, 1.82) is 0 Å². The van der Waals surface area contributed by atoms with Crippen molar-refractivity contribution in [2.24, 2.45) is 0 Å². The summed E-state index contributed by atoms with van der Waals surface area (Å²) >= 11 is 0. The fraction of sp³-hybridized carbons (Fsp3) is 0.625. The monoisotopic (exact) mass is 366 g/mol.